The number of rotatable bonds is 12. The number of carbonyl (C=O) groups is 4. The molecule has 702 valence electrons. The number of aryl methyl sites for hydroxylation is 6. The van der Waals surface area contributed by atoms with Crippen LogP contribution in [-0.2, 0) is 91.5 Å². The standard InChI is InChI=1S/2C27H30N6O2.C25H24FN5O2S.C25H25N5O2S/c2*1-16-5-6-19-11-22(20-12-29-32(4)14-20)28-13-21(19)24(16)25-23-15-31(3)27(34)17(2)33(23)26(30-25)18-7-9-35-10-8-18;1-14-27-11-21(34-14)19-5-3-16-18(28-19)6-4-17(26)23(16)24-20-12-30(2)22(32)13-31(20)25(29-24)15-7-9-33-10-8-15;1-15-26-12-22(33-15)20-7-6-17-18(4-3-5-19(17)27-20)24-21-13-29(2)23(31)14-30(21)25(28-24)16-8-10-32-11-9-16/h2*5-6,11-14,17-18H,7-10,15H2,1-4H3;3-6,11,15H,7-10,12-13H2,1-2H3;3-7,12,16H,8-11,13-14H2,1-2H3. The zero-order chi connectivity index (χ0) is 94.5. The lowest BCUT2D eigenvalue weighted by atomic mass is 9.96. The number of aromatic nitrogens is 18. The number of hydrogen-bond donors (Lipinski definition) is 0. The molecule has 12 aromatic heterocycles. The number of pyridine rings is 4. The van der Waals surface area contributed by atoms with Crippen molar-refractivity contribution >= 4 is 89.7 Å². The predicted molar refractivity (Wildman–Crippen MR) is 524 cm³/mol. The van der Waals surface area contributed by atoms with Gasteiger partial charge in [-0.1, -0.05) is 36.4 Å². The molecule has 0 spiro atoms. The molecule has 33 heteroatoms. The van der Waals surface area contributed by atoms with Crippen molar-refractivity contribution in [1.82, 2.24) is 107 Å². The Hall–Kier alpha value is -13.3. The Morgan fingerprint density at radius 2 is 0.774 bits per heavy atom. The van der Waals surface area contributed by atoms with Crippen molar-refractivity contribution in [3.05, 3.63) is 214 Å². The van der Waals surface area contributed by atoms with Gasteiger partial charge in [0.15, 0.2) is 0 Å². The van der Waals surface area contributed by atoms with Crippen LogP contribution in [0.2, 0.25) is 0 Å². The van der Waals surface area contributed by atoms with Crippen LogP contribution in [-0.4, -0.2) is 212 Å². The molecule has 30 nitrogen and oxygen atoms in total. The van der Waals surface area contributed by atoms with Crippen molar-refractivity contribution in [1.29, 1.82) is 0 Å². The molecule has 4 aromatic carbocycles. The van der Waals surface area contributed by atoms with Crippen LogP contribution in [0.3, 0.4) is 0 Å². The van der Waals surface area contributed by atoms with Gasteiger partial charge in [0.1, 0.15) is 54.3 Å². The summed E-state index contributed by atoms with van der Waals surface area (Å²) >= 11 is 3.23. The maximum Gasteiger partial charge on any atom is 0.245 e. The molecule has 4 amide bonds. The molecule has 0 bridgehead atoms. The maximum atomic E-state index is 15.4. The molecule has 8 aliphatic heterocycles. The van der Waals surface area contributed by atoms with Crippen molar-refractivity contribution in [3.8, 4) is 88.7 Å². The van der Waals surface area contributed by atoms with Gasteiger partial charge in [-0.2, -0.15) is 10.2 Å². The number of imidazole rings is 4. The SMILES string of the molecule is Cc1ccc2cc(-c3cnn(C)c3)ncc2c1-c1nc(C2CCOCC2)n2c1CN(C)C(=O)C2C.Cc1ccc2cc(-c3cnn(C)c3)ncc2c1-c1nc(C2CCOCC2)n2c1CN(C)C(=O)C2C.Cc1ncc(-c2ccc3c(-c4nc(C5CCOCC5)n5c4CN(C)C(=O)C5)c(F)ccc3n2)s1.Cc1ncc(-c2ccc3c(-c4nc(C5CCOCC5)n5c4CN(C)C(=O)C5)cccc3n2)s1. The lowest BCUT2D eigenvalue weighted by Crippen LogP contribution is -2.40. The monoisotopic (exact) mass is 1880 g/mol. The Bertz CT molecular complexity index is 7200. The lowest BCUT2D eigenvalue weighted by molar-refractivity contribution is -0.136. The second kappa shape index (κ2) is 37.3. The minimum atomic E-state index is -0.338. The number of benzene rings is 4. The van der Waals surface area contributed by atoms with E-state index in [0.717, 1.165) is 268 Å². The van der Waals surface area contributed by atoms with Crippen molar-refractivity contribution in [2.45, 2.75) is 168 Å². The number of ether oxygens (including phenoxy) is 4. The van der Waals surface area contributed by atoms with Gasteiger partial charge >= 0.3 is 0 Å². The second-order valence-electron chi connectivity index (χ2n) is 37.4. The molecule has 2 unspecified atom stereocenters. The molecule has 16 aromatic rings. The van der Waals surface area contributed by atoms with Crippen LogP contribution in [0.15, 0.2) is 141 Å². The quantitative estimate of drug-likeness (QED) is 0.110. The summed E-state index contributed by atoms with van der Waals surface area (Å²) in [4.78, 5) is 109. The smallest absolute Gasteiger partial charge is 0.245 e. The van der Waals surface area contributed by atoms with Crippen molar-refractivity contribution in [2.24, 2.45) is 14.1 Å². The fraction of sp³-hybridized carbons (Fsp3) is 0.385. The second-order valence-corrected chi connectivity index (χ2v) is 39.9. The third-order valence-electron chi connectivity index (χ3n) is 28.3. The Morgan fingerprint density at radius 1 is 0.372 bits per heavy atom. The minimum absolute atomic E-state index is 0.0364. The van der Waals surface area contributed by atoms with Gasteiger partial charge in [0.2, 0.25) is 23.6 Å². The van der Waals surface area contributed by atoms with Crippen molar-refractivity contribution < 1.29 is 42.5 Å². The lowest BCUT2D eigenvalue weighted by Gasteiger charge is -2.33. The molecule has 137 heavy (non-hydrogen) atoms. The van der Waals surface area contributed by atoms with Crippen LogP contribution in [0, 0.1) is 33.5 Å². The summed E-state index contributed by atoms with van der Waals surface area (Å²) in [5.74, 6) is 5.09. The number of hydrogen-bond acceptors (Lipinski definition) is 22. The Balaban J connectivity index is 0.000000109. The number of thiazole rings is 2. The molecule has 24 rings (SSSR count). The van der Waals surface area contributed by atoms with Gasteiger partial charge in [-0.25, -0.2) is 44.3 Å². The summed E-state index contributed by atoms with van der Waals surface area (Å²) in [5, 5.41) is 16.7. The molecule has 0 saturated carbocycles. The highest BCUT2D eigenvalue weighted by Crippen LogP contribution is 2.47. The summed E-state index contributed by atoms with van der Waals surface area (Å²) in [6, 6.07) is 29.7. The molecule has 2 atom stereocenters. The predicted octanol–water partition coefficient (Wildman–Crippen LogP) is 17.4. The van der Waals surface area contributed by atoms with Gasteiger partial charge in [0.25, 0.3) is 0 Å². The highest BCUT2D eigenvalue weighted by molar-refractivity contribution is 7.15. The van der Waals surface area contributed by atoms with E-state index in [-0.39, 0.29) is 54.0 Å². The van der Waals surface area contributed by atoms with E-state index in [1.165, 1.54) is 6.07 Å². The zero-order valence-electron chi connectivity index (χ0n) is 79.1. The molecule has 0 radical (unpaired) electrons. The van der Waals surface area contributed by atoms with Gasteiger partial charge in [-0.15, -0.1) is 22.7 Å². The molecule has 0 N–H and O–H groups in total. The summed E-state index contributed by atoms with van der Waals surface area (Å²) in [5.41, 5.74) is 20.9. The summed E-state index contributed by atoms with van der Waals surface area (Å²) < 4.78 is 50.0. The van der Waals surface area contributed by atoms with Crippen LogP contribution in [0.5, 0.6) is 0 Å². The van der Waals surface area contributed by atoms with Gasteiger partial charge in [-0.05, 0) is 169 Å². The van der Waals surface area contributed by atoms with E-state index >= 15 is 4.39 Å². The first-order valence-electron chi connectivity index (χ1n) is 47.2. The minimum Gasteiger partial charge on any atom is -0.381 e. The van der Waals surface area contributed by atoms with Gasteiger partial charge < -0.3 is 56.8 Å². The molecule has 4 saturated heterocycles. The summed E-state index contributed by atoms with van der Waals surface area (Å²) in [7, 11) is 11.2. The zero-order valence-corrected chi connectivity index (χ0v) is 80.7. The first-order valence-corrected chi connectivity index (χ1v) is 48.9. The van der Waals surface area contributed by atoms with Gasteiger partial charge in [0, 0.05) is 211 Å². The summed E-state index contributed by atoms with van der Waals surface area (Å²) in [6.45, 7) is 20.6. The Morgan fingerprint density at radius 3 is 1.20 bits per heavy atom. The fourth-order valence-electron chi connectivity index (χ4n) is 21.0. The number of likely N-dealkylation sites (N-methyl/N-ethyl adjacent to an activating group) is 4. The molecular weight excluding hydrogens is 1770 g/mol. The van der Waals surface area contributed by atoms with E-state index in [0.29, 0.717) is 85.9 Å². The Labute approximate surface area is 799 Å². The van der Waals surface area contributed by atoms with E-state index in [2.05, 4.69) is 102 Å². The third kappa shape index (κ3) is 17.1. The van der Waals surface area contributed by atoms with E-state index < -0.39 is 0 Å². The molecule has 4 fully saturated rings. The molecule has 0 aliphatic carbocycles. The maximum absolute atomic E-state index is 15.4. The first kappa shape index (κ1) is 90.2. The topological polar surface area (TPSA) is 302 Å². The van der Waals surface area contributed by atoms with E-state index in [9.17, 15) is 19.2 Å². The van der Waals surface area contributed by atoms with Crippen LogP contribution >= 0.6 is 22.7 Å². The number of carbonyl (C=O) groups excluding carboxylic acids is 4. The summed E-state index contributed by atoms with van der Waals surface area (Å²) in [6.07, 6.45) is 22.5. The largest absolute Gasteiger partial charge is 0.381 e. The number of fused-ring (bicyclic) bond motifs is 8. The van der Waals surface area contributed by atoms with E-state index in [1.807, 2.05) is 151 Å². The van der Waals surface area contributed by atoms with Gasteiger partial charge in [0.05, 0.1) is 138 Å². The number of amides is 4. The average Bonchev–Trinajstić information content (AvgIpc) is 1.18. The average molecular weight is 1880 g/mol. The van der Waals surface area contributed by atoms with E-state index in [4.69, 9.17) is 58.8 Å². The highest BCUT2D eigenvalue weighted by atomic mass is 32.1. The van der Waals surface area contributed by atoms with Crippen molar-refractivity contribution in [3.63, 3.8) is 0 Å². The van der Waals surface area contributed by atoms with Crippen LogP contribution in [0.4, 0.5) is 4.39 Å². The third-order valence-corrected chi connectivity index (χ3v) is 30.2. The van der Waals surface area contributed by atoms with Gasteiger partial charge in [-0.3, -0.25) is 38.5 Å². The number of nitrogens with zero attached hydrogens (tertiary/aromatic N) is 22. The molecule has 20 heterocycles. The normalized spacial score (nSPS) is 18.0. The number of halogens is 1. The van der Waals surface area contributed by atoms with E-state index in [1.54, 1.807) is 55.0 Å². The van der Waals surface area contributed by atoms with Crippen LogP contribution < -0.4 is 0 Å². The fourth-order valence-corrected chi connectivity index (χ4v) is 22.5. The Kier molecular flexibility index (Phi) is 24.6. The highest BCUT2D eigenvalue weighted by Gasteiger charge is 2.41. The first-order chi connectivity index (χ1) is 66.4. The van der Waals surface area contributed by atoms with Crippen LogP contribution in [0.25, 0.3) is 132 Å². The van der Waals surface area contributed by atoms with Crippen molar-refractivity contribution in [2.75, 3.05) is 81.0 Å². The molecular formula is C104H109FN22O8S2. The molecule has 8 aliphatic rings. The van der Waals surface area contributed by atoms with Crippen LogP contribution in [0.1, 0.15) is 168 Å².